The van der Waals surface area contributed by atoms with E-state index in [1.165, 1.54) is 38.6 Å². The van der Waals surface area contributed by atoms with Crippen LogP contribution < -0.4 is 4.57 Å². The summed E-state index contributed by atoms with van der Waals surface area (Å²) < 4.78 is 2.39. The van der Waals surface area contributed by atoms with E-state index in [1.54, 1.807) is 0 Å². The number of benzene rings is 9. The van der Waals surface area contributed by atoms with Crippen LogP contribution in [0.4, 0.5) is 0 Å². The van der Waals surface area contributed by atoms with E-state index >= 15 is 0 Å². The molecule has 3 nitrogen and oxygen atoms in total. The van der Waals surface area contributed by atoms with Gasteiger partial charge in [-0.3, -0.25) is 4.98 Å². The fraction of sp³-hybridized carbons (Fsp3) is 0.160. The Hall–Kier alpha value is -8.79. The summed E-state index contributed by atoms with van der Waals surface area (Å²) in [4.78, 5) is 11.0. The van der Waals surface area contributed by atoms with Gasteiger partial charge in [-0.2, -0.15) is 4.57 Å². The SMILES string of the molecule is CC(C)(C)c1ccc(-c2cccc(-c3c4ccccc4cc[n+]3-c3cc(-c4ccc(C(C)(C)C)cc4)cc(-c4nc(-c5ccc(-c6ccc(C(C)(C)C)cc6)cc5-c5nccc6ccccc56)cc5ccccc45)c3)c2)cc1. The minimum absolute atomic E-state index is 0.0172. The second kappa shape index (κ2) is 19.7. The first-order valence-electron chi connectivity index (χ1n) is 27.4. The Kier molecular flexibility index (Phi) is 12.6. The molecule has 0 aliphatic heterocycles. The molecule has 3 heteroatoms. The van der Waals surface area contributed by atoms with E-state index in [-0.39, 0.29) is 16.2 Å². The Bertz CT molecular complexity index is 4210. The van der Waals surface area contributed by atoms with Crippen LogP contribution in [-0.2, 0) is 16.2 Å². The minimum Gasteiger partial charge on any atom is -0.256 e. The molecule has 3 aromatic heterocycles. The predicted octanol–water partition coefficient (Wildman–Crippen LogP) is 19.8. The van der Waals surface area contributed by atoms with Gasteiger partial charge in [0.25, 0.3) is 0 Å². The van der Waals surface area contributed by atoms with Crippen molar-refractivity contribution in [1.29, 1.82) is 0 Å². The molecule has 78 heavy (non-hydrogen) atoms. The Labute approximate surface area is 460 Å². The molecule has 0 radical (unpaired) electrons. The molecule has 9 aromatic carbocycles. The summed E-state index contributed by atoms with van der Waals surface area (Å²) >= 11 is 0. The van der Waals surface area contributed by atoms with Crippen LogP contribution in [0.25, 0.3) is 116 Å². The van der Waals surface area contributed by atoms with Crippen molar-refractivity contribution in [3.63, 3.8) is 0 Å². The minimum atomic E-state index is 0.0172. The fourth-order valence-corrected chi connectivity index (χ4v) is 11.1. The summed E-state index contributed by atoms with van der Waals surface area (Å²) in [6, 6.07) is 82.8. The molecule has 0 aliphatic carbocycles. The molecule has 0 atom stereocenters. The highest BCUT2D eigenvalue weighted by Gasteiger charge is 2.25. The number of fused-ring (bicyclic) bond motifs is 3. The average Bonchev–Trinajstić information content (AvgIpc) is 3.61. The second-order valence-electron chi connectivity index (χ2n) is 24.2. The molecule has 0 spiro atoms. The van der Waals surface area contributed by atoms with Gasteiger partial charge in [-0.15, -0.1) is 0 Å². The molecule has 0 unspecified atom stereocenters. The molecular formula is C75H66N3+. The molecule has 3 heterocycles. The van der Waals surface area contributed by atoms with Crippen molar-refractivity contribution in [2.75, 3.05) is 0 Å². The van der Waals surface area contributed by atoms with Gasteiger partial charge in [0.2, 0.25) is 11.4 Å². The standard InChI is InChI=1S/C75H66N3/c1-73(2,3)60-32-25-49(26-33-60)54-20-16-21-57(43-54)72-66-24-15-11-18-53(66)40-42-78(72)63-45-58(51-29-36-62(37-30-51)75(7,8)9)44-59(46-63)70-65-23-14-12-19-56(65)48-69(77-70)67-38-31-55(50-27-34-61(35-28-50)74(4,5)6)47-68(67)71-64-22-13-10-17-52(64)39-41-76-71/h10-48H,1-9H3/q+1. The lowest BCUT2D eigenvalue weighted by Crippen LogP contribution is -2.33. The van der Waals surface area contributed by atoms with Gasteiger partial charge in [-0.25, -0.2) is 4.98 Å². The second-order valence-corrected chi connectivity index (χ2v) is 24.2. The van der Waals surface area contributed by atoms with Crippen molar-refractivity contribution in [3.05, 3.63) is 254 Å². The highest BCUT2D eigenvalue weighted by Crippen LogP contribution is 2.42. The Morgan fingerprint density at radius 3 is 1.40 bits per heavy atom. The van der Waals surface area contributed by atoms with Gasteiger partial charge in [-0.1, -0.05) is 226 Å². The first-order chi connectivity index (χ1) is 37.5. The third kappa shape index (κ3) is 9.71. The molecule has 0 fully saturated rings. The van der Waals surface area contributed by atoms with Crippen molar-refractivity contribution >= 4 is 32.3 Å². The van der Waals surface area contributed by atoms with Gasteiger partial charge in [0.05, 0.1) is 22.5 Å². The van der Waals surface area contributed by atoms with Gasteiger partial charge in [0.15, 0.2) is 6.20 Å². The lowest BCUT2D eigenvalue weighted by molar-refractivity contribution is -0.582. The van der Waals surface area contributed by atoms with Gasteiger partial charge >= 0.3 is 0 Å². The number of aromatic nitrogens is 3. The van der Waals surface area contributed by atoms with Crippen LogP contribution in [0, 0.1) is 0 Å². The zero-order chi connectivity index (χ0) is 53.9. The maximum atomic E-state index is 5.82. The summed E-state index contributed by atoms with van der Waals surface area (Å²) in [5, 5.41) is 6.81. The maximum Gasteiger partial charge on any atom is 0.226 e. The average molecular weight is 1010 g/mol. The van der Waals surface area contributed by atoms with Crippen LogP contribution in [0.5, 0.6) is 0 Å². The summed E-state index contributed by atoms with van der Waals surface area (Å²) in [6.45, 7) is 20.4. The Morgan fingerprint density at radius 2 is 0.795 bits per heavy atom. The van der Waals surface area contributed by atoms with E-state index in [0.717, 1.165) is 94.5 Å². The number of rotatable bonds is 8. The van der Waals surface area contributed by atoms with E-state index in [4.69, 9.17) is 9.97 Å². The molecule has 0 aliphatic rings. The largest absolute Gasteiger partial charge is 0.256 e. The van der Waals surface area contributed by atoms with Crippen molar-refractivity contribution in [2.45, 2.75) is 78.6 Å². The molecule has 0 bridgehead atoms. The number of hydrogen-bond acceptors (Lipinski definition) is 2. The lowest BCUT2D eigenvalue weighted by atomic mass is 9.86. The van der Waals surface area contributed by atoms with Gasteiger partial charge in [0.1, 0.15) is 0 Å². The molecule has 12 aromatic rings. The van der Waals surface area contributed by atoms with Crippen LogP contribution in [0.15, 0.2) is 237 Å². The van der Waals surface area contributed by atoms with Gasteiger partial charge in [-0.05, 0) is 125 Å². The van der Waals surface area contributed by atoms with E-state index < -0.39 is 0 Å². The highest BCUT2D eigenvalue weighted by atomic mass is 15.0. The smallest absolute Gasteiger partial charge is 0.226 e. The third-order valence-corrected chi connectivity index (χ3v) is 15.7. The predicted molar refractivity (Wildman–Crippen MR) is 330 cm³/mol. The van der Waals surface area contributed by atoms with Crippen molar-refractivity contribution < 1.29 is 4.57 Å². The number of pyridine rings is 3. The van der Waals surface area contributed by atoms with E-state index in [9.17, 15) is 0 Å². The fourth-order valence-electron chi connectivity index (χ4n) is 11.1. The molecule has 0 saturated heterocycles. The molecular weight excluding hydrogens is 943 g/mol. The van der Waals surface area contributed by atoms with Crippen LogP contribution in [0.2, 0.25) is 0 Å². The van der Waals surface area contributed by atoms with Gasteiger partial charge < -0.3 is 0 Å². The Morgan fingerprint density at radius 1 is 0.321 bits per heavy atom. The maximum absolute atomic E-state index is 5.82. The zero-order valence-corrected chi connectivity index (χ0v) is 46.4. The molecule has 0 N–H and O–H groups in total. The van der Waals surface area contributed by atoms with Crippen LogP contribution in [0.3, 0.4) is 0 Å². The van der Waals surface area contributed by atoms with Crippen molar-refractivity contribution in [1.82, 2.24) is 9.97 Å². The van der Waals surface area contributed by atoms with Crippen molar-refractivity contribution in [2.24, 2.45) is 0 Å². The third-order valence-electron chi connectivity index (χ3n) is 15.7. The van der Waals surface area contributed by atoms with Gasteiger partial charge in [0, 0.05) is 57.4 Å². The molecule has 380 valence electrons. The van der Waals surface area contributed by atoms with Crippen molar-refractivity contribution in [3.8, 4) is 84.1 Å². The number of hydrogen-bond donors (Lipinski definition) is 0. The lowest BCUT2D eigenvalue weighted by Gasteiger charge is -2.20. The summed E-state index contributed by atoms with van der Waals surface area (Å²) in [5.41, 5.74) is 20.1. The monoisotopic (exact) mass is 1010 g/mol. The molecule has 12 rings (SSSR count). The summed E-state index contributed by atoms with van der Waals surface area (Å²) in [5.74, 6) is 0. The summed E-state index contributed by atoms with van der Waals surface area (Å²) in [6.07, 6.45) is 4.18. The Balaban J connectivity index is 1.08. The van der Waals surface area contributed by atoms with Crippen LogP contribution in [0.1, 0.15) is 79.0 Å². The zero-order valence-electron chi connectivity index (χ0n) is 46.4. The first kappa shape index (κ1) is 50.1. The van der Waals surface area contributed by atoms with E-state index in [2.05, 4.69) is 298 Å². The molecule has 0 amide bonds. The normalized spacial score (nSPS) is 12.2. The highest BCUT2D eigenvalue weighted by molar-refractivity contribution is 6.02. The van der Waals surface area contributed by atoms with Crippen LogP contribution >= 0.6 is 0 Å². The molecule has 0 saturated carbocycles. The van der Waals surface area contributed by atoms with Crippen LogP contribution in [-0.4, -0.2) is 9.97 Å². The van der Waals surface area contributed by atoms with E-state index in [1.807, 2.05) is 6.20 Å². The quantitative estimate of drug-likeness (QED) is 0.142. The number of nitrogens with zero attached hydrogens (tertiary/aromatic N) is 3. The topological polar surface area (TPSA) is 29.7 Å². The van der Waals surface area contributed by atoms with E-state index in [0.29, 0.717) is 0 Å². The first-order valence-corrected chi connectivity index (χ1v) is 27.4. The summed E-state index contributed by atoms with van der Waals surface area (Å²) in [7, 11) is 0.